The van der Waals surface area contributed by atoms with Gasteiger partial charge in [-0.05, 0) is 36.8 Å². The lowest BCUT2D eigenvalue weighted by molar-refractivity contribution is 0.214. The molecule has 1 aliphatic heterocycles. The van der Waals surface area contributed by atoms with Gasteiger partial charge < -0.3 is 4.74 Å². The summed E-state index contributed by atoms with van der Waals surface area (Å²) >= 11 is 6.04. The van der Waals surface area contributed by atoms with E-state index in [-0.39, 0.29) is 22.6 Å². The van der Waals surface area contributed by atoms with Crippen LogP contribution in [0.1, 0.15) is 12.0 Å². The molecule has 1 aromatic heterocycles. The molecule has 2 heterocycles. The molecule has 24 heavy (non-hydrogen) atoms. The fraction of sp³-hybridized carbons (Fsp3) is 0.250. The minimum absolute atomic E-state index is 0.00481. The summed E-state index contributed by atoms with van der Waals surface area (Å²) in [5.41, 5.74) is 0.318. The average Bonchev–Trinajstić information content (AvgIpc) is 3.04. The van der Waals surface area contributed by atoms with Crippen LogP contribution in [0.2, 0.25) is 5.02 Å². The van der Waals surface area contributed by atoms with Gasteiger partial charge >= 0.3 is 0 Å². The molecule has 6 nitrogen and oxygen atoms in total. The largest absolute Gasteiger partial charge is 0.487 e. The molecule has 1 aliphatic rings. The highest BCUT2D eigenvalue weighted by atomic mass is 35.5. The van der Waals surface area contributed by atoms with Gasteiger partial charge in [0.05, 0.1) is 29.4 Å². The predicted octanol–water partition coefficient (Wildman–Crippen LogP) is 2.45. The zero-order chi connectivity index (χ0) is 17.2. The van der Waals surface area contributed by atoms with E-state index in [1.807, 2.05) is 6.07 Å². The van der Waals surface area contributed by atoms with E-state index in [2.05, 4.69) is 4.98 Å². The maximum absolute atomic E-state index is 12.7. The van der Waals surface area contributed by atoms with Gasteiger partial charge in [-0.25, -0.2) is 8.42 Å². The van der Waals surface area contributed by atoms with Crippen LogP contribution in [0.3, 0.4) is 0 Å². The lowest BCUT2D eigenvalue weighted by atomic mass is 10.2. The van der Waals surface area contributed by atoms with Gasteiger partial charge in [0.15, 0.2) is 0 Å². The first-order valence-corrected chi connectivity index (χ1v) is 9.09. The van der Waals surface area contributed by atoms with Crippen molar-refractivity contribution < 1.29 is 13.2 Å². The van der Waals surface area contributed by atoms with Gasteiger partial charge in [-0.15, -0.1) is 0 Å². The van der Waals surface area contributed by atoms with E-state index in [1.165, 1.54) is 22.5 Å². The monoisotopic (exact) mass is 363 g/mol. The van der Waals surface area contributed by atoms with Gasteiger partial charge in [0.2, 0.25) is 10.0 Å². The number of sulfonamides is 1. The molecular formula is C16H14ClN3O3S. The normalized spacial score (nSPS) is 18.2. The first-order chi connectivity index (χ1) is 11.5. The minimum Gasteiger partial charge on any atom is -0.487 e. The Morgan fingerprint density at radius 2 is 2.21 bits per heavy atom. The second kappa shape index (κ2) is 6.77. The molecule has 1 atom stereocenters. The van der Waals surface area contributed by atoms with Crippen molar-refractivity contribution in [3.8, 4) is 11.8 Å². The van der Waals surface area contributed by atoms with E-state index in [1.54, 1.807) is 24.5 Å². The van der Waals surface area contributed by atoms with Crippen LogP contribution in [-0.4, -0.2) is 36.9 Å². The Balaban J connectivity index is 1.76. The Bertz CT molecular complexity index is 881. The fourth-order valence-electron chi connectivity index (χ4n) is 2.54. The topological polar surface area (TPSA) is 83.3 Å². The molecular weight excluding hydrogens is 350 g/mol. The van der Waals surface area contributed by atoms with Crippen molar-refractivity contribution >= 4 is 21.6 Å². The number of hydrogen-bond acceptors (Lipinski definition) is 5. The van der Waals surface area contributed by atoms with E-state index >= 15 is 0 Å². The number of pyridine rings is 1. The zero-order valence-corrected chi connectivity index (χ0v) is 14.2. The maximum Gasteiger partial charge on any atom is 0.244 e. The number of nitrogens with zero attached hydrogens (tertiary/aromatic N) is 3. The first kappa shape index (κ1) is 16.7. The van der Waals surface area contributed by atoms with Gasteiger partial charge in [0.25, 0.3) is 0 Å². The minimum atomic E-state index is -3.72. The molecule has 2 aromatic rings. The summed E-state index contributed by atoms with van der Waals surface area (Å²) in [6.07, 6.45) is 3.59. The van der Waals surface area contributed by atoms with Crippen molar-refractivity contribution in [3.05, 3.63) is 53.3 Å². The van der Waals surface area contributed by atoms with Crippen molar-refractivity contribution in [1.82, 2.24) is 9.29 Å². The molecule has 0 spiro atoms. The van der Waals surface area contributed by atoms with Crippen molar-refractivity contribution in [1.29, 1.82) is 5.26 Å². The van der Waals surface area contributed by atoms with Crippen molar-refractivity contribution in [2.75, 3.05) is 13.1 Å². The molecule has 0 saturated carbocycles. The van der Waals surface area contributed by atoms with Crippen LogP contribution in [0.4, 0.5) is 0 Å². The van der Waals surface area contributed by atoms with Crippen LogP contribution in [0.15, 0.2) is 47.6 Å². The van der Waals surface area contributed by atoms with Gasteiger partial charge in [-0.3, -0.25) is 4.98 Å². The number of ether oxygens (including phenoxy) is 1. The molecule has 3 rings (SSSR count). The fourth-order valence-corrected chi connectivity index (χ4v) is 4.54. The summed E-state index contributed by atoms with van der Waals surface area (Å²) < 4.78 is 32.6. The van der Waals surface area contributed by atoms with Gasteiger partial charge in [-0.2, -0.15) is 9.57 Å². The third kappa shape index (κ3) is 3.36. The molecule has 124 valence electrons. The summed E-state index contributed by atoms with van der Waals surface area (Å²) in [6, 6.07) is 9.64. The maximum atomic E-state index is 12.7. The average molecular weight is 364 g/mol. The van der Waals surface area contributed by atoms with Gasteiger partial charge in [-0.1, -0.05) is 11.6 Å². The summed E-state index contributed by atoms with van der Waals surface area (Å²) in [6.45, 7) is 0.594. The zero-order valence-electron chi connectivity index (χ0n) is 12.6. The molecule has 0 bridgehead atoms. The Hall–Kier alpha value is -2.14. The third-order valence-electron chi connectivity index (χ3n) is 3.72. The summed E-state index contributed by atoms with van der Waals surface area (Å²) in [5.74, 6) is 0.609. The second-order valence-electron chi connectivity index (χ2n) is 5.34. The number of benzene rings is 1. The smallest absolute Gasteiger partial charge is 0.244 e. The highest BCUT2D eigenvalue weighted by molar-refractivity contribution is 7.89. The molecule has 0 aliphatic carbocycles. The standard InChI is InChI=1S/C16H14ClN3O3S/c17-15-8-12(9-18)3-4-16(15)24(21,22)20-7-5-14(11-20)23-13-2-1-6-19-10-13/h1-4,6,8,10,14H,5,7,11H2/t14-/m1/s1. The SMILES string of the molecule is N#Cc1ccc(S(=O)(=O)N2CC[C@@H](Oc3cccnc3)C2)c(Cl)c1. The van der Waals surface area contributed by atoms with Crippen molar-refractivity contribution in [2.45, 2.75) is 17.4 Å². The lowest BCUT2D eigenvalue weighted by Crippen LogP contribution is -2.31. The van der Waals surface area contributed by atoms with E-state index in [0.29, 0.717) is 24.3 Å². The predicted molar refractivity (Wildman–Crippen MR) is 88.2 cm³/mol. The van der Waals surface area contributed by atoms with E-state index in [4.69, 9.17) is 21.6 Å². The van der Waals surface area contributed by atoms with Gasteiger partial charge in [0.1, 0.15) is 16.7 Å². The number of aromatic nitrogens is 1. The van der Waals surface area contributed by atoms with Crippen LogP contribution in [0.5, 0.6) is 5.75 Å². The molecule has 1 saturated heterocycles. The third-order valence-corrected chi connectivity index (χ3v) is 6.07. The van der Waals surface area contributed by atoms with E-state index in [9.17, 15) is 8.42 Å². The molecule has 1 aromatic carbocycles. The van der Waals surface area contributed by atoms with Crippen molar-refractivity contribution in [3.63, 3.8) is 0 Å². The number of halogens is 1. The summed E-state index contributed by atoms with van der Waals surface area (Å²) in [5, 5.41) is 8.90. The lowest BCUT2D eigenvalue weighted by Gasteiger charge is -2.18. The first-order valence-electron chi connectivity index (χ1n) is 7.27. The van der Waals surface area contributed by atoms with Crippen LogP contribution >= 0.6 is 11.6 Å². The van der Waals surface area contributed by atoms with Crippen LogP contribution in [0.25, 0.3) is 0 Å². The highest BCUT2D eigenvalue weighted by Gasteiger charge is 2.34. The molecule has 0 amide bonds. The molecule has 1 fully saturated rings. The molecule has 0 unspecified atom stereocenters. The summed E-state index contributed by atoms with van der Waals surface area (Å²) in [4.78, 5) is 3.97. The van der Waals surface area contributed by atoms with Crippen LogP contribution < -0.4 is 4.74 Å². The molecule has 8 heteroatoms. The van der Waals surface area contributed by atoms with E-state index in [0.717, 1.165) is 0 Å². The Morgan fingerprint density at radius 3 is 2.88 bits per heavy atom. The number of rotatable bonds is 4. The Labute approximate surface area is 145 Å². The second-order valence-corrected chi connectivity index (χ2v) is 7.65. The Kier molecular flexibility index (Phi) is 4.71. The number of nitriles is 1. The number of hydrogen-bond donors (Lipinski definition) is 0. The molecule has 0 radical (unpaired) electrons. The quantitative estimate of drug-likeness (QED) is 0.833. The van der Waals surface area contributed by atoms with Crippen LogP contribution in [-0.2, 0) is 10.0 Å². The Morgan fingerprint density at radius 1 is 1.38 bits per heavy atom. The molecule has 0 N–H and O–H groups in total. The van der Waals surface area contributed by atoms with Crippen LogP contribution in [0, 0.1) is 11.3 Å². The van der Waals surface area contributed by atoms with Crippen molar-refractivity contribution in [2.24, 2.45) is 0 Å². The van der Waals surface area contributed by atoms with Gasteiger partial charge in [0, 0.05) is 12.7 Å². The van der Waals surface area contributed by atoms with E-state index < -0.39 is 10.0 Å². The summed E-state index contributed by atoms with van der Waals surface area (Å²) in [7, 11) is -3.72. The highest BCUT2D eigenvalue weighted by Crippen LogP contribution is 2.29.